The molecule has 1 heterocycles. The van der Waals surface area contributed by atoms with Crippen LogP contribution >= 0.6 is 11.6 Å². The Balaban J connectivity index is 2.10. The Hall–Kier alpha value is -0.990. The molecule has 3 heteroatoms. The molecule has 0 aromatic heterocycles. The van der Waals surface area contributed by atoms with Crippen molar-refractivity contribution in [2.75, 3.05) is 20.1 Å². The van der Waals surface area contributed by atoms with Crippen LogP contribution in [0, 0.1) is 0 Å². The first-order valence-corrected chi connectivity index (χ1v) is 7.82. The number of aromatic hydroxyl groups is 1. The van der Waals surface area contributed by atoms with Crippen LogP contribution in [0.5, 0.6) is 5.75 Å². The summed E-state index contributed by atoms with van der Waals surface area (Å²) in [5.41, 5.74) is 5.72. The minimum Gasteiger partial charge on any atom is -0.506 e. The molecule has 1 aliphatic carbocycles. The molecule has 2 aliphatic rings. The lowest BCUT2D eigenvalue weighted by Gasteiger charge is -2.24. The summed E-state index contributed by atoms with van der Waals surface area (Å²) < 4.78 is 0. The Kier molecular flexibility index (Phi) is 3.78. The third kappa shape index (κ3) is 2.47. The summed E-state index contributed by atoms with van der Waals surface area (Å²) in [6.45, 7) is 4.36. The molecular weight excluding hydrogens is 270 g/mol. The first-order valence-electron chi connectivity index (χ1n) is 7.44. The predicted octanol–water partition coefficient (Wildman–Crippen LogP) is 4.12. The van der Waals surface area contributed by atoms with E-state index in [0.29, 0.717) is 10.9 Å². The highest BCUT2D eigenvalue weighted by atomic mass is 35.5. The van der Waals surface area contributed by atoms with E-state index in [9.17, 15) is 5.11 Å². The number of likely N-dealkylation sites (N-methyl/N-ethyl adjacent to an activating group) is 1. The van der Waals surface area contributed by atoms with E-state index >= 15 is 0 Å². The molecule has 0 fully saturated rings. The van der Waals surface area contributed by atoms with E-state index in [2.05, 4.69) is 18.9 Å². The number of hydrogen-bond donors (Lipinski definition) is 1. The number of rotatable bonds is 1. The second kappa shape index (κ2) is 5.42. The Bertz CT molecular complexity index is 564. The van der Waals surface area contributed by atoms with Gasteiger partial charge in [-0.05, 0) is 62.9 Å². The van der Waals surface area contributed by atoms with Crippen LogP contribution < -0.4 is 0 Å². The van der Waals surface area contributed by atoms with Gasteiger partial charge in [-0.3, -0.25) is 0 Å². The molecule has 2 nitrogen and oxygen atoms in total. The molecule has 108 valence electrons. The van der Waals surface area contributed by atoms with E-state index in [0.717, 1.165) is 19.5 Å². The van der Waals surface area contributed by atoms with Gasteiger partial charge in [-0.2, -0.15) is 0 Å². The maximum absolute atomic E-state index is 10.00. The Labute approximate surface area is 126 Å². The highest BCUT2D eigenvalue weighted by molar-refractivity contribution is 6.32. The molecule has 20 heavy (non-hydrogen) atoms. The summed E-state index contributed by atoms with van der Waals surface area (Å²) in [4.78, 5) is 2.40. The quantitative estimate of drug-likeness (QED) is 0.787. The SMILES string of the molecule is CC1=C(C2CN(C)CCc3cc(Cl)c(O)cc32)CCC1. The van der Waals surface area contributed by atoms with Crippen molar-refractivity contribution < 1.29 is 5.11 Å². The predicted molar refractivity (Wildman–Crippen MR) is 83.6 cm³/mol. The number of fused-ring (bicyclic) bond motifs is 1. The molecule has 0 saturated heterocycles. The summed E-state index contributed by atoms with van der Waals surface area (Å²) in [6, 6.07) is 3.86. The number of benzene rings is 1. The second-order valence-electron chi connectivity index (χ2n) is 6.23. The molecule has 0 spiro atoms. The van der Waals surface area contributed by atoms with Crippen molar-refractivity contribution in [1.82, 2.24) is 4.90 Å². The van der Waals surface area contributed by atoms with Crippen LogP contribution in [0.3, 0.4) is 0 Å². The number of halogens is 1. The molecule has 0 bridgehead atoms. The Morgan fingerprint density at radius 1 is 1.25 bits per heavy atom. The maximum Gasteiger partial charge on any atom is 0.134 e. The van der Waals surface area contributed by atoms with E-state index < -0.39 is 0 Å². The van der Waals surface area contributed by atoms with Gasteiger partial charge in [0.2, 0.25) is 0 Å². The van der Waals surface area contributed by atoms with Gasteiger partial charge in [0, 0.05) is 19.0 Å². The van der Waals surface area contributed by atoms with Crippen molar-refractivity contribution in [2.45, 2.75) is 38.5 Å². The van der Waals surface area contributed by atoms with E-state index in [1.54, 1.807) is 11.1 Å². The molecule has 1 aliphatic heterocycles. The lowest BCUT2D eigenvalue weighted by molar-refractivity contribution is 0.335. The first-order chi connectivity index (χ1) is 9.56. The van der Waals surface area contributed by atoms with Crippen molar-refractivity contribution in [3.05, 3.63) is 39.4 Å². The van der Waals surface area contributed by atoms with E-state index in [1.165, 1.54) is 30.4 Å². The van der Waals surface area contributed by atoms with Crippen molar-refractivity contribution in [2.24, 2.45) is 0 Å². The van der Waals surface area contributed by atoms with Crippen LogP contribution in [0.2, 0.25) is 5.02 Å². The second-order valence-corrected chi connectivity index (χ2v) is 6.63. The summed E-state index contributed by atoms with van der Waals surface area (Å²) >= 11 is 6.10. The third-order valence-electron chi connectivity index (χ3n) is 4.81. The molecule has 1 aromatic rings. The number of phenolic OH excluding ortho intramolecular Hbond substituents is 1. The van der Waals surface area contributed by atoms with Crippen LogP contribution in [0.15, 0.2) is 23.3 Å². The van der Waals surface area contributed by atoms with Gasteiger partial charge in [-0.15, -0.1) is 0 Å². The summed E-state index contributed by atoms with van der Waals surface area (Å²) in [5.74, 6) is 0.638. The molecule has 1 atom stereocenters. The van der Waals surface area contributed by atoms with Crippen molar-refractivity contribution in [3.8, 4) is 5.75 Å². The molecule has 3 rings (SSSR count). The largest absolute Gasteiger partial charge is 0.506 e. The van der Waals surface area contributed by atoms with E-state index in [-0.39, 0.29) is 5.75 Å². The first kappa shape index (κ1) is 14.0. The zero-order valence-corrected chi connectivity index (χ0v) is 13.0. The lowest BCUT2D eigenvalue weighted by Crippen LogP contribution is -2.24. The number of allylic oxidation sites excluding steroid dienone is 1. The molecule has 1 unspecified atom stereocenters. The van der Waals surface area contributed by atoms with Gasteiger partial charge in [0.25, 0.3) is 0 Å². The average Bonchev–Trinajstić information content (AvgIpc) is 2.76. The summed E-state index contributed by atoms with van der Waals surface area (Å²) in [7, 11) is 2.19. The third-order valence-corrected chi connectivity index (χ3v) is 5.11. The lowest BCUT2D eigenvalue weighted by atomic mass is 9.86. The van der Waals surface area contributed by atoms with Crippen molar-refractivity contribution >= 4 is 11.6 Å². The highest BCUT2D eigenvalue weighted by Crippen LogP contribution is 2.42. The van der Waals surface area contributed by atoms with Gasteiger partial charge in [0.15, 0.2) is 0 Å². The van der Waals surface area contributed by atoms with Gasteiger partial charge in [0.05, 0.1) is 5.02 Å². The smallest absolute Gasteiger partial charge is 0.134 e. The Morgan fingerprint density at radius 3 is 2.75 bits per heavy atom. The van der Waals surface area contributed by atoms with Gasteiger partial charge in [-0.25, -0.2) is 0 Å². The summed E-state index contributed by atoms with van der Waals surface area (Å²) in [6.07, 6.45) is 4.71. The number of nitrogens with zero attached hydrogens (tertiary/aromatic N) is 1. The Morgan fingerprint density at radius 2 is 2.05 bits per heavy atom. The van der Waals surface area contributed by atoms with Crippen LogP contribution in [-0.4, -0.2) is 30.1 Å². The minimum absolute atomic E-state index is 0.219. The van der Waals surface area contributed by atoms with Gasteiger partial charge in [-0.1, -0.05) is 22.7 Å². The maximum atomic E-state index is 10.00. The molecule has 0 amide bonds. The van der Waals surface area contributed by atoms with Crippen molar-refractivity contribution in [3.63, 3.8) is 0 Å². The average molecular weight is 292 g/mol. The molecule has 1 N–H and O–H groups in total. The van der Waals surface area contributed by atoms with Gasteiger partial charge >= 0.3 is 0 Å². The van der Waals surface area contributed by atoms with Crippen LogP contribution in [0.1, 0.15) is 43.2 Å². The zero-order valence-electron chi connectivity index (χ0n) is 12.2. The molecule has 1 aromatic carbocycles. The number of hydrogen-bond acceptors (Lipinski definition) is 2. The minimum atomic E-state index is 0.219. The fraction of sp³-hybridized carbons (Fsp3) is 0.529. The van der Waals surface area contributed by atoms with E-state index in [1.807, 2.05) is 12.1 Å². The zero-order chi connectivity index (χ0) is 14.3. The molecule has 0 saturated carbocycles. The number of phenols is 1. The van der Waals surface area contributed by atoms with Crippen LogP contribution in [0.4, 0.5) is 0 Å². The monoisotopic (exact) mass is 291 g/mol. The van der Waals surface area contributed by atoms with Crippen LogP contribution in [-0.2, 0) is 6.42 Å². The highest BCUT2D eigenvalue weighted by Gasteiger charge is 2.28. The fourth-order valence-electron chi connectivity index (χ4n) is 3.66. The van der Waals surface area contributed by atoms with Gasteiger partial charge < -0.3 is 10.0 Å². The standard InChI is InChI=1S/C17H22ClNO/c1-11-4-3-5-13(11)15-10-19(2)7-6-12-8-16(18)17(20)9-14(12)15/h8-9,15,20H,3-7,10H2,1-2H3. The molecular formula is C17H22ClNO. The summed E-state index contributed by atoms with van der Waals surface area (Å²) in [5, 5.41) is 10.5. The van der Waals surface area contributed by atoms with Crippen LogP contribution in [0.25, 0.3) is 0 Å². The van der Waals surface area contributed by atoms with E-state index in [4.69, 9.17) is 11.6 Å². The normalized spacial score (nSPS) is 23.9. The van der Waals surface area contributed by atoms with Crippen molar-refractivity contribution in [1.29, 1.82) is 0 Å². The topological polar surface area (TPSA) is 23.5 Å². The fourth-order valence-corrected chi connectivity index (χ4v) is 3.85. The molecule has 0 radical (unpaired) electrons. The van der Waals surface area contributed by atoms with Gasteiger partial charge in [0.1, 0.15) is 5.75 Å².